The fourth-order valence-corrected chi connectivity index (χ4v) is 3.26. The molecule has 0 amide bonds. The van der Waals surface area contributed by atoms with Gasteiger partial charge in [-0.2, -0.15) is 0 Å². The number of benzene rings is 1. The quantitative estimate of drug-likeness (QED) is 0.326. The van der Waals surface area contributed by atoms with Crippen LogP contribution in [0.3, 0.4) is 0 Å². The molecule has 0 atom stereocenters. The van der Waals surface area contributed by atoms with E-state index in [9.17, 15) is 0 Å². The molecule has 7 nitrogen and oxygen atoms in total. The van der Waals surface area contributed by atoms with Crippen LogP contribution in [0, 0.1) is 6.92 Å². The van der Waals surface area contributed by atoms with Gasteiger partial charge in [-0.25, -0.2) is 9.98 Å². The van der Waals surface area contributed by atoms with Crippen LogP contribution in [-0.4, -0.2) is 50.8 Å². The number of aliphatic imine (C=N–C) groups is 1. The van der Waals surface area contributed by atoms with Crippen LogP contribution >= 0.6 is 35.3 Å². The lowest BCUT2D eigenvalue weighted by Gasteiger charge is -2.21. The van der Waals surface area contributed by atoms with Crippen LogP contribution in [0.15, 0.2) is 22.5 Å². The molecule has 9 heteroatoms. The number of nitrogens with zero attached hydrogens (tertiary/aromatic N) is 3. The molecule has 1 aromatic carbocycles. The smallest absolute Gasteiger partial charge is 0.194 e. The number of aromatic nitrogens is 1. The molecule has 1 aromatic heterocycles. The minimum Gasteiger partial charge on any atom is -0.496 e. The van der Waals surface area contributed by atoms with E-state index in [1.807, 2.05) is 33.0 Å². The van der Waals surface area contributed by atoms with Crippen molar-refractivity contribution >= 4 is 41.3 Å². The molecule has 0 spiro atoms. The molecule has 1 heterocycles. The summed E-state index contributed by atoms with van der Waals surface area (Å²) in [6.45, 7) is 5.93. The van der Waals surface area contributed by atoms with E-state index in [2.05, 4.69) is 20.6 Å². The van der Waals surface area contributed by atoms with Crippen molar-refractivity contribution in [3.05, 3.63) is 33.8 Å². The Morgan fingerprint density at radius 1 is 1.18 bits per heavy atom. The number of aryl methyl sites for hydroxylation is 1. The number of rotatable bonds is 8. The lowest BCUT2D eigenvalue weighted by molar-refractivity contribution is 0.368. The van der Waals surface area contributed by atoms with Crippen molar-refractivity contribution in [3.63, 3.8) is 0 Å². The lowest BCUT2D eigenvalue weighted by Crippen LogP contribution is -2.38. The molecule has 0 aliphatic rings. The molecule has 0 aliphatic heterocycles. The van der Waals surface area contributed by atoms with Crippen LogP contribution in [-0.2, 0) is 13.1 Å². The minimum atomic E-state index is 0. The van der Waals surface area contributed by atoms with Crippen molar-refractivity contribution in [1.82, 2.24) is 15.2 Å². The minimum absolute atomic E-state index is 0. The van der Waals surface area contributed by atoms with Gasteiger partial charge in [0.25, 0.3) is 0 Å². The van der Waals surface area contributed by atoms with Gasteiger partial charge in [-0.15, -0.1) is 35.3 Å². The normalized spacial score (nSPS) is 10.9. The van der Waals surface area contributed by atoms with Gasteiger partial charge < -0.3 is 24.4 Å². The van der Waals surface area contributed by atoms with Crippen molar-refractivity contribution in [3.8, 4) is 17.2 Å². The molecule has 28 heavy (non-hydrogen) atoms. The van der Waals surface area contributed by atoms with Crippen LogP contribution in [0.1, 0.15) is 23.2 Å². The third kappa shape index (κ3) is 6.40. The second kappa shape index (κ2) is 11.9. The zero-order valence-corrected chi connectivity index (χ0v) is 20.4. The zero-order chi connectivity index (χ0) is 19.8. The van der Waals surface area contributed by atoms with Crippen LogP contribution in [0.5, 0.6) is 17.2 Å². The monoisotopic (exact) mass is 520 g/mol. The first-order valence-corrected chi connectivity index (χ1v) is 9.59. The van der Waals surface area contributed by atoms with Gasteiger partial charge >= 0.3 is 0 Å². The predicted octanol–water partition coefficient (Wildman–Crippen LogP) is 3.69. The third-order valence-corrected chi connectivity index (χ3v) is 4.79. The van der Waals surface area contributed by atoms with Gasteiger partial charge in [-0.05, 0) is 13.8 Å². The summed E-state index contributed by atoms with van der Waals surface area (Å²) in [6.07, 6.45) is 0. The molecule has 0 saturated carbocycles. The molecule has 0 unspecified atom stereocenters. The zero-order valence-electron chi connectivity index (χ0n) is 17.2. The van der Waals surface area contributed by atoms with Gasteiger partial charge in [0.1, 0.15) is 17.2 Å². The van der Waals surface area contributed by atoms with Crippen molar-refractivity contribution < 1.29 is 14.2 Å². The first-order valence-electron chi connectivity index (χ1n) is 8.71. The van der Waals surface area contributed by atoms with E-state index >= 15 is 0 Å². The number of hydrogen-bond acceptors (Lipinski definition) is 6. The summed E-state index contributed by atoms with van der Waals surface area (Å²) in [5, 5.41) is 6.46. The Labute approximate surface area is 188 Å². The number of thiazole rings is 1. The van der Waals surface area contributed by atoms with Crippen LogP contribution < -0.4 is 19.5 Å². The Morgan fingerprint density at radius 3 is 2.29 bits per heavy atom. The number of ether oxygens (including phenoxy) is 3. The largest absolute Gasteiger partial charge is 0.496 e. The van der Waals surface area contributed by atoms with E-state index < -0.39 is 0 Å². The number of methoxy groups -OCH3 is 3. The van der Waals surface area contributed by atoms with E-state index in [0.717, 1.165) is 28.8 Å². The SMILES string of the molecule is CCNC(=NCc1c(OC)cc(OC)cc1OC)N(C)Cc1csc(C)n1.I. The third-order valence-electron chi connectivity index (χ3n) is 3.97. The molecule has 0 radical (unpaired) electrons. The summed E-state index contributed by atoms with van der Waals surface area (Å²) >= 11 is 1.65. The number of guanidine groups is 1. The second-order valence-corrected chi connectivity index (χ2v) is 6.96. The van der Waals surface area contributed by atoms with Gasteiger partial charge in [0.05, 0.1) is 50.7 Å². The molecule has 0 bridgehead atoms. The lowest BCUT2D eigenvalue weighted by atomic mass is 10.1. The average molecular weight is 520 g/mol. The highest BCUT2D eigenvalue weighted by Gasteiger charge is 2.14. The van der Waals surface area contributed by atoms with E-state index in [1.54, 1.807) is 32.7 Å². The fraction of sp³-hybridized carbons (Fsp3) is 0.474. The second-order valence-electron chi connectivity index (χ2n) is 5.89. The Kier molecular flexibility index (Phi) is 10.4. The number of hydrogen-bond donors (Lipinski definition) is 1. The summed E-state index contributed by atoms with van der Waals surface area (Å²) in [6, 6.07) is 3.67. The molecule has 156 valence electrons. The Hall–Kier alpha value is -1.75. The molecular weight excluding hydrogens is 491 g/mol. The first-order chi connectivity index (χ1) is 13.0. The summed E-state index contributed by atoms with van der Waals surface area (Å²) < 4.78 is 16.3. The molecule has 0 aliphatic carbocycles. The highest BCUT2D eigenvalue weighted by Crippen LogP contribution is 2.34. The number of halogens is 1. The van der Waals surface area contributed by atoms with Gasteiger partial charge in [-0.3, -0.25) is 0 Å². The molecule has 2 rings (SSSR count). The van der Waals surface area contributed by atoms with Gasteiger partial charge in [0.15, 0.2) is 5.96 Å². The molecule has 2 aromatic rings. The molecule has 0 saturated heterocycles. The van der Waals surface area contributed by atoms with Crippen molar-refractivity contribution in [2.75, 3.05) is 34.9 Å². The standard InChI is InChI=1S/C19H28N4O3S.HI/c1-7-20-19(23(3)11-14-12-27-13(2)22-14)21-10-16-17(25-5)8-15(24-4)9-18(16)26-6;/h8-9,12H,7,10-11H2,1-6H3,(H,20,21);1H. The highest BCUT2D eigenvalue weighted by molar-refractivity contribution is 14.0. The van der Waals surface area contributed by atoms with Crippen LogP contribution in [0.25, 0.3) is 0 Å². The predicted molar refractivity (Wildman–Crippen MR) is 125 cm³/mol. The number of nitrogens with one attached hydrogen (secondary N) is 1. The van der Waals surface area contributed by atoms with E-state index in [1.165, 1.54) is 0 Å². The molecular formula is C19H29IN4O3S. The summed E-state index contributed by atoms with van der Waals surface area (Å²) in [5.41, 5.74) is 1.90. The van der Waals surface area contributed by atoms with E-state index in [4.69, 9.17) is 19.2 Å². The first kappa shape index (κ1) is 24.3. The van der Waals surface area contributed by atoms with Crippen molar-refractivity contribution in [1.29, 1.82) is 0 Å². The Balaban J connectivity index is 0.00000392. The van der Waals surface area contributed by atoms with Gasteiger partial charge in [0.2, 0.25) is 0 Å². The summed E-state index contributed by atoms with van der Waals surface area (Å²) in [7, 11) is 6.87. The maximum Gasteiger partial charge on any atom is 0.194 e. The fourth-order valence-electron chi connectivity index (χ4n) is 2.66. The maximum absolute atomic E-state index is 5.51. The maximum atomic E-state index is 5.51. The van der Waals surface area contributed by atoms with Gasteiger partial charge in [0, 0.05) is 31.1 Å². The van der Waals surface area contributed by atoms with Crippen LogP contribution in [0.2, 0.25) is 0 Å². The van der Waals surface area contributed by atoms with Crippen molar-refractivity contribution in [2.24, 2.45) is 4.99 Å². The van der Waals surface area contributed by atoms with E-state index in [-0.39, 0.29) is 24.0 Å². The Bertz CT molecular complexity index is 757. The summed E-state index contributed by atoms with van der Waals surface area (Å²) in [4.78, 5) is 11.3. The topological polar surface area (TPSA) is 68.2 Å². The van der Waals surface area contributed by atoms with E-state index in [0.29, 0.717) is 30.3 Å². The Morgan fingerprint density at radius 2 is 1.82 bits per heavy atom. The van der Waals surface area contributed by atoms with Gasteiger partial charge in [-0.1, -0.05) is 0 Å². The van der Waals surface area contributed by atoms with Crippen LogP contribution in [0.4, 0.5) is 0 Å². The van der Waals surface area contributed by atoms with Crippen molar-refractivity contribution in [2.45, 2.75) is 26.9 Å². The molecule has 0 fully saturated rings. The average Bonchev–Trinajstić information content (AvgIpc) is 3.08. The summed E-state index contributed by atoms with van der Waals surface area (Å²) in [5.74, 6) is 2.84. The molecule has 1 N–H and O–H groups in total. The highest BCUT2D eigenvalue weighted by atomic mass is 127.